The Labute approximate surface area is 294 Å². The Kier molecular flexibility index (Phi) is 12.4. The van der Waals surface area contributed by atoms with Gasteiger partial charge >= 0.3 is 12.6 Å². The maximum Gasteiger partial charge on any atom is 0.387 e. The zero-order chi connectivity index (χ0) is 35.1. The number of carbonyl (C=O) groups excluding carboxylic acids is 1. The lowest BCUT2D eigenvalue weighted by molar-refractivity contribution is -0.0515. The molecule has 1 aliphatic carbocycles. The van der Waals surface area contributed by atoms with Crippen LogP contribution in [0, 0.1) is 5.92 Å². The van der Waals surface area contributed by atoms with Crippen molar-refractivity contribution in [3.8, 4) is 17.2 Å². The molecule has 1 saturated heterocycles. The summed E-state index contributed by atoms with van der Waals surface area (Å²) in [4.78, 5) is 21.9. The van der Waals surface area contributed by atoms with Gasteiger partial charge in [-0.15, -0.1) is 0 Å². The van der Waals surface area contributed by atoms with Crippen molar-refractivity contribution in [2.24, 2.45) is 5.92 Å². The lowest BCUT2D eigenvalue weighted by atomic mass is 10.0. The smallest absolute Gasteiger partial charge is 0.387 e. The number of rotatable bonds is 16. The molecule has 0 radical (unpaired) electrons. The lowest BCUT2D eigenvalue weighted by Crippen LogP contribution is -2.46. The van der Waals surface area contributed by atoms with E-state index >= 15 is 0 Å². The van der Waals surface area contributed by atoms with E-state index in [4.69, 9.17) is 37.4 Å². The first-order valence-corrected chi connectivity index (χ1v) is 18.1. The van der Waals surface area contributed by atoms with Crippen molar-refractivity contribution < 1.29 is 40.9 Å². The predicted molar refractivity (Wildman–Crippen MR) is 182 cm³/mol. The van der Waals surface area contributed by atoms with Gasteiger partial charge in [-0.25, -0.2) is 13.2 Å². The number of likely N-dealkylation sites (N-methyl/N-ethyl adjacent to an activating group) is 1. The molecule has 11 nitrogen and oxygen atoms in total. The highest BCUT2D eigenvalue weighted by Gasteiger charge is 2.27. The van der Waals surface area contributed by atoms with Crippen LogP contribution in [-0.2, 0) is 21.2 Å². The van der Waals surface area contributed by atoms with E-state index in [1.807, 2.05) is 7.05 Å². The Morgan fingerprint density at radius 1 is 1.02 bits per heavy atom. The number of hydrogen-bond donors (Lipinski definition) is 1. The third-order valence-corrected chi connectivity index (χ3v) is 10.2. The fourth-order valence-electron chi connectivity index (χ4n) is 5.22. The molecule has 2 heterocycles. The van der Waals surface area contributed by atoms with Crippen LogP contribution in [0.3, 0.4) is 0 Å². The number of alkyl halides is 2. The molecule has 2 aromatic carbocycles. The number of benzene rings is 2. The number of anilines is 1. The third-order valence-electron chi connectivity index (χ3n) is 8.29. The number of halogens is 4. The quantitative estimate of drug-likeness (QED) is 0.177. The van der Waals surface area contributed by atoms with Crippen molar-refractivity contribution in [3.63, 3.8) is 0 Å². The largest absolute Gasteiger partial charge is 0.495 e. The van der Waals surface area contributed by atoms with Crippen LogP contribution in [0.15, 0.2) is 48.8 Å². The Bertz CT molecular complexity index is 1700. The fourth-order valence-corrected chi connectivity index (χ4v) is 6.83. The summed E-state index contributed by atoms with van der Waals surface area (Å²) >= 11 is 12.8. The molecule has 2 aliphatic rings. The number of nitrogens with one attached hydrogen (secondary N) is 1. The van der Waals surface area contributed by atoms with Crippen molar-refractivity contribution in [3.05, 3.63) is 75.5 Å². The van der Waals surface area contributed by atoms with E-state index in [1.54, 1.807) is 0 Å². The van der Waals surface area contributed by atoms with Crippen molar-refractivity contribution in [2.45, 2.75) is 32.0 Å². The Balaban J connectivity index is 1.39. The molecule has 0 spiro atoms. The first-order valence-electron chi connectivity index (χ1n) is 15.7. The minimum Gasteiger partial charge on any atom is -0.495 e. The molecule has 1 atom stereocenters. The monoisotopic (exact) mass is 742 g/mol. The van der Waals surface area contributed by atoms with Gasteiger partial charge in [0, 0.05) is 51.5 Å². The van der Waals surface area contributed by atoms with E-state index < -0.39 is 28.7 Å². The third kappa shape index (κ3) is 10.5. The second kappa shape index (κ2) is 16.5. The average molecular weight is 744 g/mol. The second-order valence-corrected chi connectivity index (χ2v) is 14.7. The van der Waals surface area contributed by atoms with Crippen LogP contribution in [-0.4, -0.2) is 95.0 Å². The molecular weight excluding hydrogens is 705 g/mol. The van der Waals surface area contributed by atoms with Gasteiger partial charge in [0.2, 0.25) is 10.0 Å². The van der Waals surface area contributed by atoms with Gasteiger partial charge in [-0.05, 0) is 67.3 Å². The number of pyridine rings is 1. The molecule has 0 amide bonds. The van der Waals surface area contributed by atoms with Crippen molar-refractivity contribution in [1.29, 1.82) is 0 Å². The van der Waals surface area contributed by atoms with E-state index in [2.05, 4.69) is 24.2 Å². The molecule has 16 heteroatoms. The molecule has 2 fully saturated rings. The fraction of sp³-hybridized carbons (Fsp3) is 0.455. The van der Waals surface area contributed by atoms with Gasteiger partial charge in [0.15, 0.2) is 11.5 Å². The van der Waals surface area contributed by atoms with Crippen LogP contribution in [0.5, 0.6) is 17.2 Å². The highest BCUT2D eigenvalue weighted by Crippen LogP contribution is 2.38. The van der Waals surface area contributed by atoms with E-state index in [0.29, 0.717) is 30.2 Å². The number of nitrogens with zero attached hydrogens (tertiary/aromatic N) is 3. The Hall–Kier alpha value is -3.43. The summed E-state index contributed by atoms with van der Waals surface area (Å²) < 4.78 is 77.0. The number of esters is 1. The van der Waals surface area contributed by atoms with Gasteiger partial charge in [-0.2, -0.15) is 8.78 Å². The van der Waals surface area contributed by atoms with Gasteiger partial charge in [0.25, 0.3) is 0 Å². The predicted octanol–water partition coefficient (Wildman–Crippen LogP) is 5.92. The summed E-state index contributed by atoms with van der Waals surface area (Å²) in [7, 11) is -0.406. The summed E-state index contributed by atoms with van der Waals surface area (Å²) in [5, 5.41) is 0.461. The number of methoxy groups -OCH3 is 1. The summed E-state index contributed by atoms with van der Waals surface area (Å²) in [6.45, 7) is 0.833. The molecule has 1 N–H and O–H groups in total. The highest BCUT2D eigenvalue weighted by molar-refractivity contribution is 7.92. The topological polar surface area (TPSA) is 120 Å². The first kappa shape index (κ1) is 36.8. The van der Waals surface area contributed by atoms with Crippen molar-refractivity contribution in [2.75, 3.05) is 64.0 Å². The van der Waals surface area contributed by atoms with Crippen LogP contribution in [0.25, 0.3) is 0 Å². The van der Waals surface area contributed by atoms with Gasteiger partial charge in [0.1, 0.15) is 11.9 Å². The summed E-state index contributed by atoms with van der Waals surface area (Å²) in [5.41, 5.74) is 0.921. The standard InChI is InChI=1S/C33H38Cl2F2N4O7S/c1-40-9-11-41(12-10-40)13-14-49(43,44)39-27-15-23(6-7-28(27)45-2)32(42)47-30(17-24-25(34)18-38-19-26(24)35)22-5-8-29(48-33(36)37)31(16-22)46-20-21-3-4-21/h5-8,15-16,18-19,21,30,33,39H,3-4,9-14,17,20H2,1-2H3. The molecule has 49 heavy (non-hydrogen) atoms. The van der Waals surface area contributed by atoms with Crippen LogP contribution in [0.2, 0.25) is 10.0 Å². The maximum absolute atomic E-state index is 13.7. The molecule has 1 saturated carbocycles. The first-order chi connectivity index (χ1) is 23.4. The van der Waals surface area contributed by atoms with E-state index in [9.17, 15) is 22.0 Å². The molecule has 266 valence electrons. The number of hydrogen-bond acceptors (Lipinski definition) is 10. The average Bonchev–Trinajstić information content (AvgIpc) is 3.89. The zero-order valence-corrected chi connectivity index (χ0v) is 29.4. The van der Waals surface area contributed by atoms with Crippen LogP contribution < -0.4 is 18.9 Å². The number of aromatic nitrogens is 1. The summed E-state index contributed by atoms with van der Waals surface area (Å²) in [6, 6.07) is 8.52. The SMILES string of the molecule is COc1ccc(C(=O)OC(Cc2c(Cl)cncc2Cl)c2ccc(OC(F)F)c(OCC3CC3)c2)cc1NS(=O)(=O)CCN1CCN(C)CC1. The maximum atomic E-state index is 13.7. The Morgan fingerprint density at radius 3 is 2.37 bits per heavy atom. The summed E-state index contributed by atoms with van der Waals surface area (Å²) in [6.07, 6.45) is 3.69. The van der Waals surface area contributed by atoms with Crippen molar-refractivity contribution in [1.82, 2.24) is 14.8 Å². The van der Waals surface area contributed by atoms with Crippen LogP contribution in [0.1, 0.15) is 40.4 Å². The minimum atomic E-state index is -3.82. The number of ether oxygens (including phenoxy) is 4. The van der Waals surface area contributed by atoms with Gasteiger partial charge in [-0.3, -0.25) is 14.6 Å². The summed E-state index contributed by atoms with van der Waals surface area (Å²) in [5.74, 6) is -0.529. The number of sulfonamides is 1. The van der Waals surface area contributed by atoms with Crippen LogP contribution >= 0.6 is 23.2 Å². The van der Waals surface area contributed by atoms with E-state index in [-0.39, 0.29) is 50.7 Å². The zero-order valence-electron chi connectivity index (χ0n) is 27.0. The molecule has 0 bridgehead atoms. The molecule has 5 rings (SSSR count). The molecule has 3 aromatic rings. The molecule has 1 aliphatic heterocycles. The van der Waals surface area contributed by atoms with Gasteiger partial charge < -0.3 is 23.8 Å². The normalized spacial score (nSPS) is 16.3. The minimum absolute atomic E-state index is 0.00895. The number of piperazine rings is 1. The Morgan fingerprint density at radius 2 is 1.71 bits per heavy atom. The van der Waals surface area contributed by atoms with E-state index in [0.717, 1.165) is 39.0 Å². The molecular formula is C33H38Cl2F2N4O7S. The van der Waals surface area contributed by atoms with Gasteiger partial charge in [-0.1, -0.05) is 29.3 Å². The highest BCUT2D eigenvalue weighted by atomic mass is 35.5. The van der Waals surface area contributed by atoms with Crippen LogP contribution in [0.4, 0.5) is 14.5 Å². The molecule has 1 aromatic heterocycles. The van der Waals surface area contributed by atoms with E-state index in [1.165, 1.54) is 55.9 Å². The molecule has 1 unspecified atom stereocenters. The lowest BCUT2D eigenvalue weighted by Gasteiger charge is -2.32. The second-order valence-electron chi connectivity index (χ2n) is 12.0. The van der Waals surface area contributed by atoms with Crippen molar-refractivity contribution >= 4 is 44.9 Å². The van der Waals surface area contributed by atoms with Gasteiger partial charge in [0.05, 0.1) is 40.8 Å². The number of carbonyl (C=O) groups is 1.